The van der Waals surface area contributed by atoms with Crippen molar-refractivity contribution in [2.45, 2.75) is 46.3 Å². The Morgan fingerprint density at radius 2 is 1.59 bits per heavy atom. The molecule has 170 valence electrons. The van der Waals surface area contributed by atoms with Crippen LogP contribution >= 0.6 is 0 Å². The summed E-state index contributed by atoms with van der Waals surface area (Å²) < 4.78 is 9.17. The smallest absolute Gasteiger partial charge is 0.228 e. The van der Waals surface area contributed by atoms with Gasteiger partial charge in [0.1, 0.15) is 18.5 Å². The highest BCUT2D eigenvalue weighted by molar-refractivity contribution is 6.88. The minimum absolute atomic E-state index is 0.352. The largest absolute Gasteiger partial charge is 0.455 e. The van der Waals surface area contributed by atoms with Crippen LogP contribution in [0.15, 0.2) is 60.8 Å². The molecule has 4 aromatic carbocycles. The van der Waals surface area contributed by atoms with E-state index in [9.17, 15) is 0 Å². The average molecular weight is 463 g/mol. The van der Waals surface area contributed by atoms with Crippen LogP contribution in [0.3, 0.4) is 0 Å². The van der Waals surface area contributed by atoms with Gasteiger partial charge in [-0.1, -0.05) is 81.1 Å². The molecule has 3 heteroatoms. The van der Waals surface area contributed by atoms with Crippen LogP contribution in [0.5, 0.6) is 11.5 Å². The predicted octanol–water partition coefficient (Wildman–Crippen LogP) is 7.72. The molecule has 0 bridgehead atoms. The van der Waals surface area contributed by atoms with Crippen LogP contribution < -0.4 is 14.5 Å². The van der Waals surface area contributed by atoms with Crippen molar-refractivity contribution in [2.75, 3.05) is 0 Å². The third-order valence-corrected chi connectivity index (χ3v) is 9.60. The van der Waals surface area contributed by atoms with Gasteiger partial charge in [0.05, 0.1) is 19.0 Å². The van der Waals surface area contributed by atoms with Crippen molar-refractivity contribution in [3.05, 3.63) is 71.9 Å². The summed E-state index contributed by atoms with van der Waals surface area (Å²) in [6.07, 6.45) is 2.22. The average Bonchev–Trinajstić information content (AvgIpc) is 2.79. The summed E-state index contributed by atoms with van der Waals surface area (Å²) in [5.74, 6) is 2.35. The number of fused-ring (bicyclic) bond motifs is 5. The molecule has 0 aliphatic carbocycles. The first-order valence-electron chi connectivity index (χ1n) is 12.3. The molecule has 1 aliphatic rings. The Balaban J connectivity index is 1.81. The Labute approximate surface area is 202 Å². The van der Waals surface area contributed by atoms with E-state index in [0.717, 1.165) is 11.5 Å². The zero-order valence-corrected chi connectivity index (χ0v) is 22.2. The zero-order chi connectivity index (χ0) is 23.9. The molecule has 1 aliphatic heterocycles. The van der Waals surface area contributed by atoms with Gasteiger partial charge < -0.3 is 4.74 Å². The first-order valence-corrected chi connectivity index (χ1v) is 15.8. The molecule has 0 saturated carbocycles. The van der Waals surface area contributed by atoms with Crippen molar-refractivity contribution < 1.29 is 9.30 Å². The van der Waals surface area contributed by atoms with Crippen molar-refractivity contribution in [1.82, 2.24) is 0 Å². The molecule has 6 rings (SSSR count). The van der Waals surface area contributed by atoms with Crippen LogP contribution in [-0.2, 0) is 7.05 Å². The second kappa shape index (κ2) is 7.16. The predicted molar refractivity (Wildman–Crippen MR) is 147 cm³/mol. The van der Waals surface area contributed by atoms with E-state index < -0.39 is 8.07 Å². The SMILES string of the molecule is Cc1c2c(c(C(C)C)c3ccccc13)Oc1cc3ccc([Si](C)(C)C)cc3c3cc[n+](C)c-2c13. The van der Waals surface area contributed by atoms with Crippen molar-refractivity contribution in [1.29, 1.82) is 0 Å². The fourth-order valence-corrected chi connectivity index (χ4v) is 6.94. The molecule has 0 N–H and O–H groups in total. The molecule has 0 saturated heterocycles. The number of rotatable bonds is 2. The third-order valence-electron chi connectivity index (χ3n) is 7.56. The summed E-state index contributed by atoms with van der Waals surface area (Å²) in [5.41, 5.74) is 5.09. The molecule has 0 atom stereocenters. The first kappa shape index (κ1) is 21.4. The van der Waals surface area contributed by atoms with Crippen LogP contribution in [0.1, 0.15) is 30.9 Å². The first-order chi connectivity index (χ1) is 16.2. The molecule has 2 heterocycles. The van der Waals surface area contributed by atoms with Gasteiger partial charge in [-0.3, -0.25) is 0 Å². The van der Waals surface area contributed by atoms with Crippen molar-refractivity contribution >= 4 is 45.6 Å². The van der Waals surface area contributed by atoms with E-state index in [1.54, 1.807) is 0 Å². The van der Waals surface area contributed by atoms with Crippen molar-refractivity contribution in [3.63, 3.8) is 0 Å². The maximum absolute atomic E-state index is 6.89. The Bertz CT molecular complexity index is 1660. The van der Waals surface area contributed by atoms with E-state index >= 15 is 0 Å². The summed E-state index contributed by atoms with van der Waals surface area (Å²) in [4.78, 5) is 0. The summed E-state index contributed by atoms with van der Waals surface area (Å²) in [6.45, 7) is 14.1. The molecule has 0 spiro atoms. The Hall–Kier alpha value is -3.17. The van der Waals surface area contributed by atoms with Crippen LogP contribution in [0, 0.1) is 6.92 Å². The molecular formula is C31H32NOSi+. The molecule has 34 heavy (non-hydrogen) atoms. The zero-order valence-electron chi connectivity index (χ0n) is 21.2. The van der Waals surface area contributed by atoms with E-state index in [1.807, 2.05) is 0 Å². The summed E-state index contributed by atoms with van der Waals surface area (Å²) in [7, 11) is 0.743. The van der Waals surface area contributed by atoms with E-state index in [4.69, 9.17) is 4.74 Å². The lowest BCUT2D eigenvalue weighted by Crippen LogP contribution is -2.37. The molecule has 0 amide bonds. The second-order valence-electron chi connectivity index (χ2n) is 11.2. The van der Waals surface area contributed by atoms with Gasteiger partial charge in [0, 0.05) is 17.0 Å². The number of aryl methyl sites for hydroxylation is 2. The van der Waals surface area contributed by atoms with Crippen LogP contribution in [0.4, 0.5) is 0 Å². The molecule has 0 fully saturated rings. The lowest BCUT2D eigenvalue weighted by atomic mass is 9.85. The topological polar surface area (TPSA) is 13.1 Å². The summed E-state index contributed by atoms with van der Waals surface area (Å²) >= 11 is 0. The van der Waals surface area contributed by atoms with Gasteiger partial charge in [-0.15, -0.1) is 0 Å². The van der Waals surface area contributed by atoms with E-state index in [0.29, 0.717) is 5.92 Å². The van der Waals surface area contributed by atoms with Gasteiger partial charge in [-0.2, -0.15) is 0 Å². The van der Waals surface area contributed by atoms with E-state index in [-0.39, 0.29) is 0 Å². The van der Waals surface area contributed by atoms with Crippen LogP contribution in [0.2, 0.25) is 19.6 Å². The number of pyridine rings is 1. The molecular weight excluding hydrogens is 430 g/mol. The lowest BCUT2D eigenvalue weighted by Gasteiger charge is -2.27. The molecule has 5 aromatic rings. The Morgan fingerprint density at radius 3 is 2.29 bits per heavy atom. The monoisotopic (exact) mass is 462 g/mol. The number of ether oxygens (including phenoxy) is 1. The number of nitrogens with zero attached hydrogens (tertiary/aromatic N) is 1. The molecule has 0 unspecified atom stereocenters. The van der Waals surface area contributed by atoms with Gasteiger partial charge in [0.25, 0.3) is 0 Å². The molecule has 2 nitrogen and oxygen atoms in total. The highest BCUT2D eigenvalue weighted by Gasteiger charge is 2.34. The number of aromatic nitrogens is 1. The quantitative estimate of drug-likeness (QED) is 0.146. The summed E-state index contributed by atoms with van der Waals surface area (Å²) in [6, 6.07) is 20.4. The third kappa shape index (κ3) is 2.89. The van der Waals surface area contributed by atoms with Crippen LogP contribution in [0.25, 0.3) is 43.6 Å². The van der Waals surface area contributed by atoms with E-state index in [1.165, 1.54) is 59.9 Å². The Morgan fingerprint density at radius 1 is 0.853 bits per heavy atom. The molecule has 0 radical (unpaired) electrons. The number of hydrogen-bond donors (Lipinski definition) is 0. The highest BCUT2D eigenvalue weighted by atomic mass is 28.3. The van der Waals surface area contributed by atoms with Gasteiger partial charge in [-0.05, 0) is 46.0 Å². The number of hydrogen-bond acceptors (Lipinski definition) is 1. The maximum Gasteiger partial charge on any atom is 0.228 e. The Kier molecular flexibility index (Phi) is 4.50. The van der Waals surface area contributed by atoms with Crippen LogP contribution in [-0.4, -0.2) is 8.07 Å². The van der Waals surface area contributed by atoms with Crippen molar-refractivity contribution in [2.24, 2.45) is 7.05 Å². The fraction of sp³-hybridized carbons (Fsp3) is 0.258. The normalized spacial score (nSPS) is 13.1. The van der Waals surface area contributed by atoms with Gasteiger partial charge in [-0.25, -0.2) is 4.57 Å². The van der Waals surface area contributed by atoms with Gasteiger partial charge in [0.2, 0.25) is 5.69 Å². The highest BCUT2D eigenvalue weighted by Crippen LogP contribution is 2.53. The standard InChI is InChI=1S/C31H32NOSi/c1-18(2)27-23-11-9-8-10-22(23)19(3)28-30-29-24(14-15-32(30)4)25-17-21(34(5,6)7)13-12-20(25)16-26(29)33-31(27)28/h8-18H,1-7H3/q+1. The second-order valence-corrected chi connectivity index (χ2v) is 16.2. The minimum atomic E-state index is -1.42. The van der Waals surface area contributed by atoms with Crippen molar-refractivity contribution in [3.8, 4) is 22.8 Å². The minimum Gasteiger partial charge on any atom is -0.455 e. The fourth-order valence-electron chi connectivity index (χ4n) is 5.78. The van der Waals surface area contributed by atoms with Gasteiger partial charge >= 0.3 is 0 Å². The number of benzene rings is 4. The lowest BCUT2D eigenvalue weighted by molar-refractivity contribution is -0.659. The summed E-state index contributed by atoms with van der Waals surface area (Å²) in [5, 5.41) is 9.19. The molecule has 1 aromatic heterocycles. The van der Waals surface area contributed by atoms with E-state index in [2.05, 4.69) is 113 Å². The maximum atomic E-state index is 6.89. The van der Waals surface area contributed by atoms with Gasteiger partial charge in [0.15, 0.2) is 6.20 Å².